The second-order valence-corrected chi connectivity index (χ2v) is 5.67. The molecular formula is C16H14S. The first-order chi connectivity index (χ1) is 8.24. The summed E-state index contributed by atoms with van der Waals surface area (Å²) in [6, 6.07) is 15.3. The van der Waals surface area contributed by atoms with Gasteiger partial charge >= 0.3 is 0 Å². The van der Waals surface area contributed by atoms with E-state index in [0.717, 1.165) is 6.42 Å². The third-order valence-electron chi connectivity index (χ3n) is 3.09. The number of benzene rings is 2. The van der Waals surface area contributed by atoms with E-state index >= 15 is 0 Å². The van der Waals surface area contributed by atoms with Crippen molar-refractivity contribution >= 4 is 11.8 Å². The first-order valence-electron chi connectivity index (χ1n) is 5.78. The highest BCUT2D eigenvalue weighted by Gasteiger charge is 2.18. The van der Waals surface area contributed by atoms with Crippen molar-refractivity contribution in [2.24, 2.45) is 0 Å². The number of allylic oxidation sites excluding steroid dienone is 1. The summed E-state index contributed by atoms with van der Waals surface area (Å²) < 4.78 is 0. The molecule has 17 heavy (non-hydrogen) atoms. The lowest BCUT2D eigenvalue weighted by atomic mass is 10.0. The van der Waals surface area contributed by atoms with Crippen molar-refractivity contribution in [1.29, 1.82) is 0 Å². The minimum atomic E-state index is 1.01. The largest absolute Gasteiger partial charge is 0.0939 e. The average molecular weight is 238 g/mol. The molecule has 0 radical (unpaired) electrons. The van der Waals surface area contributed by atoms with E-state index in [0.29, 0.717) is 0 Å². The van der Waals surface area contributed by atoms with Crippen LogP contribution in [0.15, 0.2) is 58.8 Å². The predicted molar refractivity (Wildman–Crippen MR) is 75.3 cm³/mol. The van der Waals surface area contributed by atoms with Crippen LogP contribution in [0.4, 0.5) is 0 Å². The van der Waals surface area contributed by atoms with Gasteiger partial charge in [-0.05, 0) is 28.5 Å². The van der Waals surface area contributed by atoms with Crippen LogP contribution in [0.1, 0.15) is 11.1 Å². The van der Waals surface area contributed by atoms with E-state index < -0.39 is 0 Å². The molecular weight excluding hydrogens is 224 g/mol. The van der Waals surface area contributed by atoms with Gasteiger partial charge in [0, 0.05) is 11.3 Å². The fraction of sp³-hybridized carbons (Fsp3) is 0.125. The van der Waals surface area contributed by atoms with Crippen molar-refractivity contribution in [2.75, 3.05) is 0 Å². The molecule has 0 saturated carbocycles. The molecule has 0 saturated heterocycles. The summed E-state index contributed by atoms with van der Waals surface area (Å²) in [6.07, 6.45) is 1.01. The lowest BCUT2D eigenvalue weighted by Crippen LogP contribution is -1.84. The van der Waals surface area contributed by atoms with Crippen molar-refractivity contribution in [1.82, 2.24) is 0 Å². The fourth-order valence-electron chi connectivity index (χ4n) is 2.20. The van der Waals surface area contributed by atoms with Gasteiger partial charge in [-0.15, -0.1) is 0 Å². The highest BCUT2D eigenvalue weighted by molar-refractivity contribution is 8.03. The summed E-state index contributed by atoms with van der Waals surface area (Å²) in [6.45, 7) is 6.20. The molecule has 3 rings (SSSR count). The lowest BCUT2D eigenvalue weighted by molar-refractivity contribution is 1.21. The quantitative estimate of drug-likeness (QED) is 0.686. The minimum absolute atomic E-state index is 1.01. The zero-order chi connectivity index (χ0) is 11.8. The van der Waals surface area contributed by atoms with Crippen molar-refractivity contribution in [2.45, 2.75) is 18.2 Å². The Bertz CT molecular complexity index is 579. The first-order valence-corrected chi connectivity index (χ1v) is 6.60. The Morgan fingerprint density at radius 3 is 2.59 bits per heavy atom. The zero-order valence-corrected chi connectivity index (χ0v) is 10.7. The summed E-state index contributed by atoms with van der Waals surface area (Å²) in [7, 11) is 0. The number of hydrogen-bond acceptors (Lipinski definition) is 1. The van der Waals surface area contributed by atoms with Crippen LogP contribution in [0, 0.1) is 6.92 Å². The second kappa shape index (κ2) is 4.08. The van der Waals surface area contributed by atoms with Gasteiger partial charge < -0.3 is 0 Å². The van der Waals surface area contributed by atoms with Crippen LogP contribution >= 0.6 is 11.8 Å². The van der Waals surface area contributed by atoms with E-state index in [2.05, 4.69) is 56.0 Å². The van der Waals surface area contributed by atoms with Crippen LogP contribution in [-0.4, -0.2) is 0 Å². The van der Waals surface area contributed by atoms with Crippen LogP contribution in [0.2, 0.25) is 0 Å². The smallest absolute Gasteiger partial charge is 0.0233 e. The summed E-state index contributed by atoms with van der Waals surface area (Å²) in [5.74, 6) is 0. The lowest BCUT2D eigenvalue weighted by Gasteiger charge is -2.07. The van der Waals surface area contributed by atoms with Crippen LogP contribution in [0.3, 0.4) is 0 Å². The van der Waals surface area contributed by atoms with E-state index in [-0.39, 0.29) is 0 Å². The van der Waals surface area contributed by atoms with Gasteiger partial charge in [-0.3, -0.25) is 0 Å². The Morgan fingerprint density at radius 2 is 1.82 bits per heavy atom. The molecule has 0 atom stereocenters. The van der Waals surface area contributed by atoms with Gasteiger partial charge in [0.25, 0.3) is 0 Å². The molecule has 0 unspecified atom stereocenters. The number of aryl methyl sites for hydroxylation is 1. The molecule has 0 amide bonds. The fourth-order valence-corrected chi connectivity index (χ4v) is 3.28. The molecule has 1 heteroatoms. The van der Waals surface area contributed by atoms with Gasteiger partial charge in [0.15, 0.2) is 0 Å². The molecule has 2 aromatic carbocycles. The Kier molecular flexibility index (Phi) is 2.56. The highest BCUT2D eigenvalue weighted by Crippen LogP contribution is 2.44. The summed E-state index contributed by atoms with van der Waals surface area (Å²) in [5.41, 5.74) is 5.36. The number of rotatable bonds is 1. The van der Waals surface area contributed by atoms with E-state index in [1.807, 2.05) is 11.8 Å². The van der Waals surface area contributed by atoms with Crippen molar-refractivity contribution in [3.63, 3.8) is 0 Å². The molecule has 0 fully saturated rings. The van der Waals surface area contributed by atoms with Crippen LogP contribution < -0.4 is 0 Å². The molecule has 0 nitrogen and oxygen atoms in total. The minimum Gasteiger partial charge on any atom is -0.0939 e. The molecule has 1 heterocycles. The second-order valence-electron chi connectivity index (χ2n) is 4.48. The van der Waals surface area contributed by atoms with E-state index in [4.69, 9.17) is 0 Å². The van der Waals surface area contributed by atoms with Crippen LogP contribution in [-0.2, 0) is 6.42 Å². The number of fused-ring (bicyclic) bond motifs is 1. The van der Waals surface area contributed by atoms with Gasteiger partial charge in [0.1, 0.15) is 0 Å². The standard InChI is InChI=1S/C16H14S/c1-11-6-8-13(9-7-11)15-5-3-4-14-10-12(2)17-16(14)15/h3-9H,2,10H2,1H3. The Balaban J connectivity index is 2.13. The van der Waals surface area contributed by atoms with Gasteiger partial charge in [0.2, 0.25) is 0 Å². The molecule has 0 bridgehead atoms. The molecule has 0 aromatic heterocycles. The van der Waals surface area contributed by atoms with Gasteiger partial charge in [0.05, 0.1) is 0 Å². The maximum absolute atomic E-state index is 4.08. The van der Waals surface area contributed by atoms with Gasteiger partial charge in [-0.25, -0.2) is 0 Å². The van der Waals surface area contributed by atoms with E-state index in [1.54, 1.807) is 0 Å². The monoisotopic (exact) mass is 238 g/mol. The van der Waals surface area contributed by atoms with Crippen LogP contribution in [0.25, 0.3) is 11.1 Å². The summed E-state index contributed by atoms with van der Waals surface area (Å²) in [5, 5.41) is 0. The summed E-state index contributed by atoms with van der Waals surface area (Å²) in [4.78, 5) is 2.64. The SMILES string of the molecule is C=C1Cc2cccc(-c3ccc(C)cc3)c2S1. The zero-order valence-electron chi connectivity index (χ0n) is 9.86. The predicted octanol–water partition coefficient (Wildman–Crippen LogP) is 4.82. The van der Waals surface area contributed by atoms with Gasteiger partial charge in [-0.1, -0.05) is 66.4 Å². The third kappa shape index (κ3) is 1.91. The van der Waals surface area contributed by atoms with Crippen molar-refractivity contribution in [3.05, 3.63) is 65.1 Å². The van der Waals surface area contributed by atoms with Crippen molar-refractivity contribution < 1.29 is 0 Å². The molecule has 0 N–H and O–H groups in total. The molecule has 0 aliphatic carbocycles. The first kappa shape index (κ1) is 10.7. The van der Waals surface area contributed by atoms with Gasteiger partial charge in [-0.2, -0.15) is 0 Å². The molecule has 2 aromatic rings. The van der Waals surface area contributed by atoms with E-state index in [1.165, 1.54) is 32.1 Å². The molecule has 1 aliphatic heterocycles. The number of hydrogen-bond donors (Lipinski definition) is 0. The Morgan fingerprint density at radius 1 is 1.06 bits per heavy atom. The average Bonchev–Trinajstić information content (AvgIpc) is 2.70. The summed E-state index contributed by atoms with van der Waals surface area (Å²) >= 11 is 1.82. The third-order valence-corrected chi connectivity index (χ3v) is 4.21. The topological polar surface area (TPSA) is 0 Å². The Hall–Kier alpha value is -1.47. The molecule has 84 valence electrons. The van der Waals surface area contributed by atoms with Crippen LogP contribution in [0.5, 0.6) is 0 Å². The van der Waals surface area contributed by atoms with E-state index in [9.17, 15) is 0 Å². The highest BCUT2D eigenvalue weighted by atomic mass is 32.2. The molecule has 1 aliphatic rings. The maximum Gasteiger partial charge on any atom is 0.0233 e. The normalized spacial score (nSPS) is 13.8. The maximum atomic E-state index is 4.08. The Labute approximate surface area is 106 Å². The number of thioether (sulfide) groups is 1. The molecule has 0 spiro atoms. The van der Waals surface area contributed by atoms with Crippen molar-refractivity contribution in [3.8, 4) is 11.1 Å².